The lowest BCUT2D eigenvalue weighted by atomic mass is 9.79. The molecule has 3 aliphatic rings. The maximum absolute atomic E-state index is 11.9. The second kappa shape index (κ2) is 4.06. The molecule has 3 rings (SSSR count). The van der Waals surface area contributed by atoms with E-state index in [0.29, 0.717) is 12.1 Å². The standard InChI is InChI=1S/C12H14N2O5/c1-5(15)19-4-7-6-2-3-13-8-9(6)14(11(8)16)10(7)12(17)18/h6,8-9,13H,2-4H2,1H3,(H,17,18)/t6?,8-,9+/m0/s1. The van der Waals surface area contributed by atoms with Crippen molar-refractivity contribution in [2.24, 2.45) is 5.92 Å². The normalized spacial score (nSPS) is 31.9. The van der Waals surface area contributed by atoms with Crippen molar-refractivity contribution in [3.63, 3.8) is 0 Å². The lowest BCUT2D eigenvalue weighted by Gasteiger charge is -2.48. The predicted molar refractivity (Wildman–Crippen MR) is 61.8 cm³/mol. The van der Waals surface area contributed by atoms with Gasteiger partial charge in [0.15, 0.2) is 0 Å². The number of aliphatic carboxylic acids is 1. The zero-order chi connectivity index (χ0) is 13.7. The van der Waals surface area contributed by atoms with Crippen molar-refractivity contribution < 1.29 is 24.2 Å². The lowest BCUT2D eigenvalue weighted by Crippen LogP contribution is -2.72. The summed E-state index contributed by atoms with van der Waals surface area (Å²) >= 11 is 0. The van der Waals surface area contributed by atoms with Crippen molar-refractivity contribution >= 4 is 17.8 Å². The van der Waals surface area contributed by atoms with E-state index in [4.69, 9.17) is 4.74 Å². The molecule has 3 aliphatic heterocycles. The van der Waals surface area contributed by atoms with E-state index in [1.54, 1.807) is 0 Å². The van der Waals surface area contributed by atoms with Gasteiger partial charge in [0, 0.05) is 18.4 Å². The van der Waals surface area contributed by atoms with Gasteiger partial charge in [-0.05, 0) is 13.0 Å². The summed E-state index contributed by atoms with van der Waals surface area (Å²) in [6.07, 6.45) is 0.748. The molecule has 102 valence electrons. The molecule has 1 amide bonds. The van der Waals surface area contributed by atoms with Crippen LogP contribution in [0, 0.1) is 5.92 Å². The fourth-order valence-corrected chi connectivity index (χ4v) is 3.26. The molecule has 7 nitrogen and oxygen atoms in total. The van der Waals surface area contributed by atoms with Crippen molar-refractivity contribution in [2.75, 3.05) is 13.2 Å². The quantitative estimate of drug-likeness (QED) is 0.507. The summed E-state index contributed by atoms with van der Waals surface area (Å²) in [5.41, 5.74) is 0.561. The van der Waals surface area contributed by atoms with Gasteiger partial charge in [-0.1, -0.05) is 0 Å². The molecule has 1 unspecified atom stereocenters. The Hall–Kier alpha value is -1.89. The fraction of sp³-hybridized carbons (Fsp3) is 0.583. The van der Waals surface area contributed by atoms with Gasteiger partial charge in [0.25, 0.3) is 0 Å². The van der Waals surface area contributed by atoms with Gasteiger partial charge in [-0.2, -0.15) is 0 Å². The third-order valence-corrected chi connectivity index (χ3v) is 4.00. The number of carbonyl (C=O) groups is 3. The highest BCUT2D eigenvalue weighted by molar-refractivity contribution is 6.01. The van der Waals surface area contributed by atoms with Crippen molar-refractivity contribution in [1.82, 2.24) is 10.2 Å². The van der Waals surface area contributed by atoms with E-state index in [0.717, 1.165) is 6.42 Å². The maximum atomic E-state index is 11.9. The number of hydrogen-bond acceptors (Lipinski definition) is 5. The van der Waals surface area contributed by atoms with Gasteiger partial charge in [0.2, 0.25) is 5.91 Å². The molecule has 0 aromatic carbocycles. The van der Waals surface area contributed by atoms with Crippen LogP contribution < -0.4 is 5.32 Å². The Labute approximate surface area is 109 Å². The molecule has 3 heterocycles. The predicted octanol–water partition coefficient (Wildman–Crippen LogP) is -0.909. The number of hydrogen-bond donors (Lipinski definition) is 2. The second-order valence-corrected chi connectivity index (χ2v) is 4.99. The number of β-lactam (4-membered cyclic amide) rings is 1. The van der Waals surface area contributed by atoms with E-state index < -0.39 is 11.9 Å². The third kappa shape index (κ3) is 1.58. The zero-order valence-electron chi connectivity index (χ0n) is 10.4. The second-order valence-electron chi connectivity index (χ2n) is 4.99. The number of carboxylic acids is 1. The van der Waals surface area contributed by atoms with Gasteiger partial charge in [0.05, 0.1) is 6.04 Å². The molecule has 2 fully saturated rings. The van der Waals surface area contributed by atoms with Crippen LogP contribution in [0.1, 0.15) is 13.3 Å². The van der Waals surface area contributed by atoms with E-state index in [9.17, 15) is 19.5 Å². The first-order chi connectivity index (χ1) is 9.02. The number of esters is 1. The van der Waals surface area contributed by atoms with Crippen LogP contribution in [0.4, 0.5) is 0 Å². The zero-order valence-corrected chi connectivity index (χ0v) is 10.4. The van der Waals surface area contributed by atoms with Crippen molar-refractivity contribution in [2.45, 2.75) is 25.4 Å². The SMILES string of the molecule is CC(=O)OCC1=C(C(=O)O)N2C(=O)[C@H]3NCCC1[C@H]32. The number of nitrogens with zero attached hydrogens (tertiary/aromatic N) is 1. The van der Waals surface area contributed by atoms with Crippen LogP contribution in [-0.4, -0.2) is 53.1 Å². The van der Waals surface area contributed by atoms with Crippen LogP contribution >= 0.6 is 0 Å². The fourth-order valence-electron chi connectivity index (χ4n) is 3.26. The molecule has 7 heteroatoms. The molecule has 0 spiro atoms. The Balaban J connectivity index is 1.95. The van der Waals surface area contributed by atoms with E-state index in [-0.39, 0.29) is 36.2 Å². The van der Waals surface area contributed by atoms with Crippen molar-refractivity contribution in [3.8, 4) is 0 Å². The van der Waals surface area contributed by atoms with E-state index in [1.807, 2.05) is 0 Å². The lowest BCUT2D eigenvalue weighted by molar-refractivity contribution is -0.154. The minimum absolute atomic E-state index is 0.00111. The molecule has 2 saturated heterocycles. The molecule has 0 aromatic heterocycles. The Morgan fingerprint density at radius 3 is 2.89 bits per heavy atom. The number of piperidine rings is 1. The van der Waals surface area contributed by atoms with Gasteiger partial charge in [-0.15, -0.1) is 0 Å². The third-order valence-electron chi connectivity index (χ3n) is 4.00. The molecule has 2 N–H and O–H groups in total. The number of amides is 1. The molecule has 0 radical (unpaired) electrons. The Morgan fingerprint density at radius 2 is 2.26 bits per heavy atom. The molecular weight excluding hydrogens is 252 g/mol. The summed E-state index contributed by atoms with van der Waals surface area (Å²) in [4.78, 5) is 35.5. The molecule has 0 aliphatic carbocycles. The molecular formula is C12H14N2O5. The topological polar surface area (TPSA) is 95.9 Å². The highest BCUT2D eigenvalue weighted by atomic mass is 16.5. The first-order valence-electron chi connectivity index (χ1n) is 6.18. The molecule has 0 bridgehead atoms. The summed E-state index contributed by atoms with van der Waals surface area (Å²) in [5.74, 6) is -1.81. The minimum Gasteiger partial charge on any atom is -0.477 e. The van der Waals surface area contributed by atoms with Gasteiger partial charge in [-0.3, -0.25) is 14.5 Å². The monoisotopic (exact) mass is 266 g/mol. The first kappa shape index (κ1) is 12.2. The van der Waals surface area contributed by atoms with E-state index in [1.165, 1.54) is 11.8 Å². The highest BCUT2D eigenvalue weighted by Crippen LogP contribution is 2.46. The summed E-state index contributed by atoms with van der Waals surface area (Å²) in [7, 11) is 0. The number of carboxylic acid groups (broad SMARTS) is 1. The van der Waals surface area contributed by atoms with Crippen LogP contribution in [0.5, 0.6) is 0 Å². The molecule has 3 atom stereocenters. The summed E-state index contributed by atoms with van der Waals surface area (Å²) in [5, 5.41) is 12.4. The van der Waals surface area contributed by atoms with Gasteiger partial charge in [0.1, 0.15) is 18.3 Å². The van der Waals surface area contributed by atoms with Crippen molar-refractivity contribution in [3.05, 3.63) is 11.3 Å². The van der Waals surface area contributed by atoms with Gasteiger partial charge >= 0.3 is 11.9 Å². The average molecular weight is 266 g/mol. The number of nitrogens with one attached hydrogen (secondary N) is 1. The van der Waals surface area contributed by atoms with Crippen LogP contribution in [0.2, 0.25) is 0 Å². The van der Waals surface area contributed by atoms with Crippen LogP contribution in [0.3, 0.4) is 0 Å². The number of rotatable bonds is 3. The number of carbonyl (C=O) groups excluding carboxylic acids is 2. The van der Waals surface area contributed by atoms with E-state index >= 15 is 0 Å². The van der Waals surface area contributed by atoms with Gasteiger partial charge in [-0.25, -0.2) is 4.79 Å². The molecule has 19 heavy (non-hydrogen) atoms. The van der Waals surface area contributed by atoms with E-state index in [2.05, 4.69) is 5.32 Å². The highest BCUT2D eigenvalue weighted by Gasteiger charge is 2.61. The summed E-state index contributed by atoms with van der Waals surface area (Å²) < 4.78 is 4.94. The smallest absolute Gasteiger partial charge is 0.352 e. The largest absolute Gasteiger partial charge is 0.477 e. The maximum Gasteiger partial charge on any atom is 0.352 e. The average Bonchev–Trinajstić information content (AvgIpc) is 2.69. The van der Waals surface area contributed by atoms with Crippen molar-refractivity contribution in [1.29, 1.82) is 0 Å². The Bertz CT molecular complexity index is 512. The van der Waals surface area contributed by atoms with Crippen LogP contribution in [-0.2, 0) is 19.1 Å². The Kier molecular flexibility index (Phi) is 2.60. The summed E-state index contributed by atoms with van der Waals surface area (Å²) in [6.45, 7) is 1.90. The Morgan fingerprint density at radius 1 is 1.53 bits per heavy atom. The molecule has 0 saturated carbocycles. The number of ether oxygens (including phenoxy) is 1. The molecule has 0 aromatic rings. The van der Waals surface area contributed by atoms with Crippen LogP contribution in [0.15, 0.2) is 11.3 Å². The van der Waals surface area contributed by atoms with Crippen LogP contribution in [0.25, 0.3) is 0 Å². The van der Waals surface area contributed by atoms with Gasteiger partial charge < -0.3 is 15.2 Å². The minimum atomic E-state index is -1.14. The summed E-state index contributed by atoms with van der Waals surface area (Å²) in [6, 6.07) is -0.416. The first-order valence-corrected chi connectivity index (χ1v) is 6.18.